The lowest BCUT2D eigenvalue weighted by molar-refractivity contribution is 0.00303. The third-order valence-electron chi connectivity index (χ3n) is 4.83. The number of likely N-dealkylation sites (N-methyl/N-ethyl adjacent to an activating group) is 1. The van der Waals surface area contributed by atoms with Crippen LogP contribution in [0.5, 0.6) is 0 Å². The molecule has 0 aliphatic carbocycles. The molecule has 1 atom stereocenters. The number of carbonyl (C=O) groups excluding carboxylic acids is 1. The number of aryl methyl sites for hydroxylation is 1. The van der Waals surface area contributed by atoms with Gasteiger partial charge in [-0.15, -0.1) is 0 Å². The van der Waals surface area contributed by atoms with Gasteiger partial charge in [0, 0.05) is 32.9 Å². The molecule has 1 aliphatic rings. The Hall–Kier alpha value is -2.12. The maximum Gasteiger partial charge on any atom is 0.271 e. The van der Waals surface area contributed by atoms with Crippen molar-refractivity contribution in [3.8, 4) is 11.4 Å². The Morgan fingerprint density at radius 1 is 1.40 bits per heavy atom. The van der Waals surface area contributed by atoms with Crippen LogP contribution in [0.1, 0.15) is 29.8 Å². The molecule has 1 aliphatic heterocycles. The zero-order chi connectivity index (χ0) is 18.0. The average molecular weight is 345 g/mol. The van der Waals surface area contributed by atoms with Crippen molar-refractivity contribution < 1.29 is 9.90 Å². The van der Waals surface area contributed by atoms with Crippen LogP contribution in [-0.4, -0.2) is 74.9 Å². The van der Waals surface area contributed by atoms with Crippen LogP contribution < -0.4 is 0 Å². The fourth-order valence-corrected chi connectivity index (χ4v) is 3.59. The van der Waals surface area contributed by atoms with Crippen molar-refractivity contribution >= 4 is 5.91 Å². The molecule has 0 spiro atoms. The molecule has 1 amide bonds. The molecule has 2 aromatic heterocycles. The number of nitrogens with zero attached hydrogens (tertiary/aromatic N) is 4. The third-order valence-corrected chi connectivity index (χ3v) is 4.83. The summed E-state index contributed by atoms with van der Waals surface area (Å²) in [5.41, 5.74) is 1.50. The van der Waals surface area contributed by atoms with Crippen molar-refractivity contribution in [3.05, 3.63) is 30.1 Å². The Bertz CT molecular complexity index is 735. The summed E-state index contributed by atoms with van der Waals surface area (Å²) in [6.07, 6.45) is 4.06. The topological polar surface area (TPSA) is 77.4 Å². The van der Waals surface area contributed by atoms with Crippen LogP contribution in [-0.2, 0) is 7.05 Å². The average Bonchev–Trinajstić information content (AvgIpc) is 3.13. The number of H-pyrrole nitrogens is 1. The van der Waals surface area contributed by atoms with E-state index in [0.29, 0.717) is 38.2 Å². The molecule has 3 heterocycles. The number of amides is 1. The molecule has 0 saturated carbocycles. The zero-order valence-electron chi connectivity index (χ0n) is 15.2. The van der Waals surface area contributed by atoms with E-state index in [2.05, 4.69) is 10.2 Å². The Balaban J connectivity index is 1.69. The van der Waals surface area contributed by atoms with Crippen molar-refractivity contribution in [2.24, 2.45) is 7.05 Å². The molecule has 136 valence electrons. The third kappa shape index (κ3) is 3.93. The molecule has 0 bridgehead atoms. The largest absolute Gasteiger partial charge is 0.388 e. The van der Waals surface area contributed by atoms with Gasteiger partial charge in [0.1, 0.15) is 11.4 Å². The summed E-state index contributed by atoms with van der Waals surface area (Å²) < 4.78 is 1.97. The van der Waals surface area contributed by atoms with Crippen LogP contribution in [0.25, 0.3) is 11.4 Å². The first kappa shape index (κ1) is 17.7. The van der Waals surface area contributed by atoms with Crippen LogP contribution in [0, 0.1) is 0 Å². The van der Waals surface area contributed by atoms with Gasteiger partial charge in [-0.2, -0.15) is 5.10 Å². The van der Waals surface area contributed by atoms with Crippen molar-refractivity contribution in [2.75, 3.05) is 33.7 Å². The van der Waals surface area contributed by atoms with E-state index in [1.807, 2.05) is 53.8 Å². The van der Waals surface area contributed by atoms with Gasteiger partial charge in [-0.25, -0.2) is 0 Å². The first-order valence-corrected chi connectivity index (χ1v) is 8.71. The monoisotopic (exact) mass is 345 g/mol. The van der Waals surface area contributed by atoms with E-state index in [1.54, 1.807) is 6.07 Å². The normalized spacial score (nSPS) is 21.6. The summed E-state index contributed by atoms with van der Waals surface area (Å²) in [4.78, 5) is 16.6. The van der Waals surface area contributed by atoms with Crippen LogP contribution >= 0.6 is 0 Å². The van der Waals surface area contributed by atoms with Crippen LogP contribution in [0.2, 0.25) is 0 Å². The van der Waals surface area contributed by atoms with Gasteiger partial charge in [-0.3, -0.25) is 9.89 Å². The summed E-state index contributed by atoms with van der Waals surface area (Å²) in [6, 6.07) is 5.72. The summed E-state index contributed by atoms with van der Waals surface area (Å²) in [7, 11) is 5.87. The molecule has 3 rings (SSSR count). The molecule has 0 radical (unpaired) electrons. The van der Waals surface area contributed by atoms with Crippen LogP contribution in [0.15, 0.2) is 24.4 Å². The number of hydrogen-bond acceptors (Lipinski definition) is 4. The minimum absolute atomic E-state index is 0.0536. The van der Waals surface area contributed by atoms with Crippen molar-refractivity contribution in [1.29, 1.82) is 0 Å². The van der Waals surface area contributed by atoms with Crippen molar-refractivity contribution in [1.82, 2.24) is 24.6 Å². The molecule has 1 unspecified atom stereocenters. The number of aromatic nitrogens is 3. The molecule has 2 N–H and O–H groups in total. The maximum atomic E-state index is 12.8. The first-order valence-electron chi connectivity index (χ1n) is 8.71. The van der Waals surface area contributed by atoms with Gasteiger partial charge < -0.3 is 19.5 Å². The lowest BCUT2D eigenvalue weighted by Gasteiger charge is -2.29. The minimum Gasteiger partial charge on any atom is -0.388 e. The second-order valence-electron chi connectivity index (χ2n) is 7.28. The Morgan fingerprint density at radius 2 is 2.20 bits per heavy atom. The van der Waals surface area contributed by atoms with E-state index in [0.717, 1.165) is 17.8 Å². The van der Waals surface area contributed by atoms with E-state index in [-0.39, 0.29) is 5.91 Å². The molecule has 2 aromatic rings. The predicted molar refractivity (Wildman–Crippen MR) is 96.3 cm³/mol. The first-order chi connectivity index (χ1) is 11.9. The number of likely N-dealkylation sites (tertiary alicyclic amines) is 1. The Morgan fingerprint density at radius 3 is 2.88 bits per heavy atom. The predicted octanol–water partition coefficient (Wildman–Crippen LogP) is 1.33. The van der Waals surface area contributed by atoms with Gasteiger partial charge in [0.15, 0.2) is 0 Å². The molecule has 7 nitrogen and oxygen atoms in total. The van der Waals surface area contributed by atoms with E-state index < -0.39 is 5.60 Å². The highest BCUT2D eigenvalue weighted by Crippen LogP contribution is 2.24. The lowest BCUT2D eigenvalue weighted by atomic mass is 9.94. The quantitative estimate of drug-likeness (QED) is 0.876. The Kier molecular flexibility index (Phi) is 4.96. The number of aromatic amines is 1. The number of rotatable bonds is 4. The van der Waals surface area contributed by atoms with Crippen LogP contribution in [0.4, 0.5) is 0 Å². The van der Waals surface area contributed by atoms with Gasteiger partial charge in [0.2, 0.25) is 0 Å². The Labute approximate surface area is 148 Å². The number of nitrogens with one attached hydrogen (secondary N) is 1. The molecule has 7 heteroatoms. The SMILES string of the molecule is CN(C)CC1(O)CCCN(C(=O)c2cc(-c3cccn3C)n[nH]2)CC1. The smallest absolute Gasteiger partial charge is 0.271 e. The molecular weight excluding hydrogens is 318 g/mol. The maximum absolute atomic E-state index is 12.8. The van der Waals surface area contributed by atoms with Gasteiger partial charge in [-0.1, -0.05) is 0 Å². The number of aliphatic hydroxyl groups is 1. The standard InChI is InChI=1S/C18H27N5O2/c1-21(2)13-18(25)7-5-10-23(11-8-18)17(24)15-12-14(19-20-15)16-6-4-9-22(16)3/h4,6,9,12,25H,5,7-8,10-11,13H2,1-3H3,(H,19,20). The van der Waals surface area contributed by atoms with Crippen molar-refractivity contribution in [3.63, 3.8) is 0 Å². The van der Waals surface area contributed by atoms with Gasteiger partial charge >= 0.3 is 0 Å². The molecule has 25 heavy (non-hydrogen) atoms. The van der Waals surface area contributed by atoms with Gasteiger partial charge in [0.25, 0.3) is 5.91 Å². The lowest BCUT2D eigenvalue weighted by Crippen LogP contribution is -2.41. The second kappa shape index (κ2) is 7.01. The fraction of sp³-hybridized carbons (Fsp3) is 0.556. The highest BCUT2D eigenvalue weighted by atomic mass is 16.3. The zero-order valence-corrected chi connectivity index (χ0v) is 15.2. The second-order valence-corrected chi connectivity index (χ2v) is 7.28. The van der Waals surface area contributed by atoms with E-state index in [9.17, 15) is 9.90 Å². The van der Waals surface area contributed by atoms with Gasteiger partial charge in [-0.05, 0) is 51.6 Å². The van der Waals surface area contributed by atoms with E-state index in [4.69, 9.17) is 0 Å². The minimum atomic E-state index is -0.722. The van der Waals surface area contributed by atoms with E-state index in [1.165, 1.54) is 0 Å². The highest BCUT2D eigenvalue weighted by Gasteiger charge is 2.32. The number of carbonyl (C=O) groups is 1. The summed E-state index contributed by atoms with van der Waals surface area (Å²) in [6.45, 7) is 1.84. The summed E-state index contributed by atoms with van der Waals surface area (Å²) in [5.74, 6) is -0.0536. The summed E-state index contributed by atoms with van der Waals surface area (Å²) >= 11 is 0. The van der Waals surface area contributed by atoms with Crippen LogP contribution in [0.3, 0.4) is 0 Å². The molecule has 0 aromatic carbocycles. The molecular formula is C18H27N5O2. The fourth-order valence-electron chi connectivity index (χ4n) is 3.59. The molecule has 1 fully saturated rings. The van der Waals surface area contributed by atoms with Crippen molar-refractivity contribution in [2.45, 2.75) is 24.9 Å². The molecule has 1 saturated heterocycles. The van der Waals surface area contributed by atoms with Gasteiger partial charge in [0.05, 0.1) is 11.3 Å². The summed E-state index contributed by atoms with van der Waals surface area (Å²) in [5, 5.41) is 17.9. The number of hydrogen-bond donors (Lipinski definition) is 2. The van der Waals surface area contributed by atoms with E-state index >= 15 is 0 Å². The highest BCUT2D eigenvalue weighted by molar-refractivity contribution is 5.93.